The molecular formula is C20H40N4O4. The fourth-order valence-electron chi connectivity index (χ4n) is 2.86. The fraction of sp³-hybridized carbons (Fsp3) is 0.900. The third-order valence-electron chi connectivity index (χ3n) is 4.15. The predicted molar refractivity (Wildman–Crippen MR) is 111 cm³/mol. The van der Waals surface area contributed by atoms with Gasteiger partial charge in [-0.2, -0.15) is 0 Å². The molecule has 0 spiro atoms. The van der Waals surface area contributed by atoms with Gasteiger partial charge in [-0.25, -0.2) is 9.59 Å². The molecule has 2 heterocycles. The summed E-state index contributed by atoms with van der Waals surface area (Å²) >= 11 is 0. The number of amides is 2. The summed E-state index contributed by atoms with van der Waals surface area (Å²) in [4.78, 5) is 26.9. The Morgan fingerprint density at radius 1 is 0.893 bits per heavy atom. The van der Waals surface area contributed by atoms with Gasteiger partial charge in [0, 0.05) is 51.4 Å². The molecule has 0 aromatic heterocycles. The molecule has 0 aliphatic carbocycles. The SMILES string of the molecule is CC1CN(C(=O)OC(C)(C)C)CCN1.CC1CNCCN1C(=O)OC(C)(C)C. The van der Waals surface area contributed by atoms with Gasteiger partial charge < -0.3 is 29.9 Å². The zero-order valence-electron chi connectivity index (χ0n) is 18.9. The van der Waals surface area contributed by atoms with Crippen LogP contribution in [0.4, 0.5) is 9.59 Å². The van der Waals surface area contributed by atoms with Crippen LogP contribution < -0.4 is 10.6 Å². The number of hydrogen-bond donors (Lipinski definition) is 2. The quantitative estimate of drug-likeness (QED) is 0.650. The van der Waals surface area contributed by atoms with Crippen LogP contribution >= 0.6 is 0 Å². The molecule has 2 rings (SSSR count). The zero-order chi connectivity index (χ0) is 21.5. The average Bonchev–Trinajstić information content (AvgIpc) is 2.52. The van der Waals surface area contributed by atoms with Crippen LogP contribution in [-0.2, 0) is 9.47 Å². The molecule has 2 N–H and O–H groups in total. The van der Waals surface area contributed by atoms with Crippen molar-refractivity contribution in [2.75, 3.05) is 39.3 Å². The van der Waals surface area contributed by atoms with Crippen LogP contribution in [-0.4, -0.2) is 84.5 Å². The molecule has 0 aromatic carbocycles. The highest BCUT2D eigenvalue weighted by molar-refractivity contribution is 5.69. The minimum absolute atomic E-state index is 0.202. The predicted octanol–water partition coefficient (Wildman–Crippen LogP) is 2.43. The lowest BCUT2D eigenvalue weighted by molar-refractivity contribution is 0.0139. The van der Waals surface area contributed by atoms with Gasteiger partial charge in [-0.15, -0.1) is 0 Å². The van der Waals surface area contributed by atoms with Gasteiger partial charge in [-0.3, -0.25) is 0 Å². The lowest BCUT2D eigenvalue weighted by Crippen LogP contribution is -2.53. The number of nitrogens with one attached hydrogen (secondary N) is 2. The van der Waals surface area contributed by atoms with E-state index < -0.39 is 11.2 Å². The van der Waals surface area contributed by atoms with E-state index in [2.05, 4.69) is 17.6 Å². The Kier molecular flexibility index (Phi) is 9.01. The fourth-order valence-corrected chi connectivity index (χ4v) is 2.86. The molecule has 28 heavy (non-hydrogen) atoms. The van der Waals surface area contributed by atoms with Crippen molar-refractivity contribution in [1.82, 2.24) is 20.4 Å². The summed E-state index contributed by atoms with van der Waals surface area (Å²) in [5.41, 5.74) is -0.799. The summed E-state index contributed by atoms with van der Waals surface area (Å²) in [6.07, 6.45) is -0.405. The number of ether oxygens (including phenoxy) is 2. The van der Waals surface area contributed by atoms with Crippen molar-refractivity contribution in [3.63, 3.8) is 0 Å². The molecule has 8 heteroatoms. The molecule has 0 saturated carbocycles. The summed E-state index contributed by atoms with van der Waals surface area (Å²) in [5, 5.41) is 6.51. The van der Waals surface area contributed by atoms with Gasteiger partial charge in [-0.1, -0.05) is 0 Å². The van der Waals surface area contributed by atoms with E-state index in [1.54, 1.807) is 9.80 Å². The van der Waals surface area contributed by atoms with Crippen molar-refractivity contribution in [1.29, 1.82) is 0 Å². The molecule has 0 bridgehead atoms. The van der Waals surface area contributed by atoms with Crippen LogP contribution in [0.2, 0.25) is 0 Å². The van der Waals surface area contributed by atoms with Crippen LogP contribution in [0.1, 0.15) is 55.4 Å². The first-order valence-corrected chi connectivity index (χ1v) is 10.2. The average molecular weight is 401 g/mol. The normalized spacial score (nSPS) is 23.4. The standard InChI is InChI=1S/2C10H20N2O2/c1-8-7-12(6-5-11-8)9(13)14-10(2,3)4;1-8-7-11-5-6-12(8)9(13)14-10(2,3)4/h2*8,11H,5-7H2,1-4H3. The van der Waals surface area contributed by atoms with Crippen LogP contribution in [0.25, 0.3) is 0 Å². The van der Waals surface area contributed by atoms with Crippen LogP contribution in [0.15, 0.2) is 0 Å². The maximum atomic E-state index is 11.7. The minimum atomic E-state index is -0.401. The summed E-state index contributed by atoms with van der Waals surface area (Å²) in [5.74, 6) is 0. The van der Waals surface area contributed by atoms with Crippen molar-refractivity contribution in [2.24, 2.45) is 0 Å². The van der Waals surface area contributed by atoms with Crippen molar-refractivity contribution >= 4 is 12.2 Å². The minimum Gasteiger partial charge on any atom is -0.444 e. The third-order valence-corrected chi connectivity index (χ3v) is 4.15. The van der Waals surface area contributed by atoms with Crippen molar-refractivity contribution in [3.8, 4) is 0 Å². The topological polar surface area (TPSA) is 83.1 Å². The Labute approximate surface area is 170 Å². The van der Waals surface area contributed by atoms with E-state index >= 15 is 0 Å². The number of piperazine rings is 2. The van der Waals surface area contributed by atoms with Gasteiger partial charge in [0.05, 0.1) is 0 Å². The number of carbonyl (C=O) groups is 2. The van der Waals surface area contributed by atoms with E-state index in [0.29, 0.717) is 6.04 Å². The molecule has 2 aliphatic rings. The van der Waals surface area contributed by atoms with Gasteiger partial charge in [0.2, 0.25) is 0 Å². The van der Waals surface area contributed by atoms with E-state index in [0.717, 1.165) is 39.3 Å². The Morgan fingerprint density at radius 2 is 1.46 bits per heavy atom. The second-order valence-corrected chi connectivity index (χ2v) is 9.51. The molecule has 2 unspecified atom stereocenters. The van der Waals surface area contributed by atoms with Crippen LogP contribution in [0, 0.1) is 0 Å². The Balaban J connectivity index is 0.000000280. The molecule has 2 aliphatic heterocycles. The molecule has 2 saturated heterocycles. The molecule has 0 radical (unpaired) electrons. The highest BCUT2D eigenvalue weighted by Crippen LogP contribution is 2.13. The molecule has 2 fully saturated rings. The maximum absolute atomic E-state index is 11.7. The van der Waals surface area contributed by atoms with Crippen molar-refractivity contribution < 1.29 is 19.1 Å². The summed E-state index contributed by atoms with van der Waals surface area (Å²) in [6.45, 7) is 20.1. The highest BCUT2D eigenvalue weighted by Gasteiger charge is 2.27. The Bertz CT molecular complexity index is 513. The number of rotatable bonds is 0. The van der Waals surface area contributed by atoms with Crippen LogP contribution in [0.5, 0.6) is 0 Å². The van der Waals surface area contributed by atoms with Crippen molar-refractivity contribution in [2.45, 2.75) is 78.7 Å². The van der Waals surface area contributed by atoms with E-state index in [1.165, 1.54) is 0 Å². The number of nitrogens with zero attached hydrogens (tertiary/aromatic N) is 2. The summed E-state index contributed by atoms with van der Waals surface area (Å²) < 4.78 is 10.6. The van der Waals surface area contributed by atoms with Gasteiger partial charge in [0.1, 0.15) is 11.2 Å². The van der Waals surface area contributed by atoms with E-state index in [-0.39, 0.29) is 18.2 Å². The van der Waals surface area contributed by atoms with E-state index in [9.17, 15) is 9.59 Å². The number of hydrogen-bond acceptors (Lipinski definition) is 6. The van der Waals surface area contributed by atoms with Gasteiger partial charge in [0.15, 0.2) is 0 Å². The second-order valence-electron chi connectivity index (χ2n) is 9.51. The van der Waals surface area contributed by atoms with E-state index in [4.69, 9.17) is 9.47 Å². The lowest BCUT2D eigenvalue weighted by Gasteiger charge is -2.35. The third kappa shape index (κ3) is 9.59. The van der Waals surface area contributed by atoms with Crippen molar-refractivity contribution in [3.05, 3.63) is 0 Å². The van der Waals surface area contributed by atoms with E-state index in [1.807, 2.05) is 48.5 Å². The first-order valence-electron chi connectivity index (χ1n) is 10.2. The smallest absolute Gasteiger partial charge is 0.410 e. The Morgan fingerprint density at radius 3 is 1.96 bits per heavy atom. The molecule has 2 amide bonds. The molecule has 2 atom stereocenters. The molecule has 8 nitrogen and oxygen atoms in total. The second kappa shape index (κ2) is 10.3. The highest BCUT2D eigenvalue weighted by atomic mass is 16.6. The monoisotopic (exact) mass is 400 g/mol. The molecule has 164 valence electrons. The van der Waals surface area contributed by atoms with Crippen LogP contribution in [0.3, 0.4) is 0 Å². The first kappa shape index (κ1) is 24.5. The number of carbonyl (C=O) groups excluding carboxylic acids is 2. The van der Waals surface area contributed by atoms with Gasteiger partial charge >= 0.3 is 12.2 Å². The molecule has 0 aromatic rings. The zero-order valence-corrected chi connectivity index (χ0v) is 18.9. The molecular weight excluding hydrogens is 360 g/mol. The van der Waals surface area contributed by atoms with Gasteiger partial charge in [0.25, 0.3) is 0 Å². The summed E-state index contributed by atoms with van der Waals surface area (Å²) in [6, 6.07) is 0.579. The maximum Gasteiger partial charge on any atom is 0.410 e. The van der Waals surface area contributed by atoms with Gasteiger partial charge in [-0.05, 0) is 55.4 Å². The lowest BCUT2D eigenvalue weighted by atomic mass is 10.2. The summed E-state index contributed by atoms with van der Waals surface area (Å²) in [7, 11) is 0. The largest absolute Gasteiger partial charge is 0.444 e. The first-order chi connectivity index (χ1) is 12.8. The Hall–Kier alpha value is -1.54.